The summed E-state index contributed by atoms with van der Waals surface area (Å²) in [4.78, 5) is 68.9. The fourth-order valence-corrected chi connectivity index (χ4v) is 6.46. The van der Waals surface area contributed by atoms with E-state index in [4.69, 9.17) is 19.7 Å². The van der Waals surface area contributed by atoms with Crippen molar-refractivity contribution in [1.29, 1.82) is 0 Å². The zero-order chi connectivity index (χ0) is 44.2. The molecule has 8 rings (SSSR count). The maximum atomic E-state index is 13.4. The molecule has 0 radical (unpaired) electrons. The quantitative estimate of drug-likeness (QED) is 0.0877. The summed E-state index contributed by atoms with van der Waals surface area (Å²) in [5.74, 6) is -2.29. The van der Waals surface area contributed by atoms with Gasteiger partial charge in [-0.05, 0) is 49.2 Å². The molecule has 61 heavy (non-hydrogen) atoms. The van der Waals surface area contributed by atoms with Crippen LogP contribution in [0.4, 0.5) is 37.7 Å². The number of nitrogens with one attached hydrogen (secondary N) is 3. The highest BCUT2D eigenvalue weighted by atomic mass is 19.4. The third kappa shape index (κ3) is 9.89. The lowest BCUT2D eigenvalue weighted by molar-refractivity contribution is -0.140. The SMILES string of the molecule is Nc1cccc2c(=O)cc(-c3ccccc3C(F)(F)F)oc12.O=C1CCC(C(=O)Nc2cccc3c(=O)cc(-c4ccccc4C(F)(F)F)oc23)N1.O=C1CCC(C(=O)O)N1. The second-order valence-corrected chi connectivity index (χ2v) is 13.6. The van der Waals surface area contributed by atoms with Gasteiger partial charge in [0, 0.05) is 36.1 Å². The summed E-state index contributed by atoms with van der Waals surface area (Å²) in [5.41, 5.74) is 2.82. The van der Waals surface area contributed by atoms with Crippen molar-refractivity contribution in [2.24, 2.45) is 0 Å². The standard InChI is InChI=1S/C21H15F3N2O4.C16H10F3NO2.C5H7NO3/c22-21(23,24)13-6-2-1-4-11(13)17-10-16(27)12-5-3-7-14(19(12)30-17)26-20(29)15-8-9-18(28)25-15;17-16(18,19)11-6-2-1-4-9(11)14-8-13(21)10-5-3-7-12(20)15(10)22-14;7-4-2-1-3(6-4)5(8)9/h1-7,10,15H,8-9H2,(H,25,28)(H,26,29);1-8H,20H2;3H,1-2H2,(H,6,7)(H,8,9). The van der Waals surface area contributed by atoms with Gasteiger partial charge in [0.1, 0.15) is 23.6 Å². The molecule has 316 valence electrons. The van der Waals surface area contributed by atoms with E-state index < -0.39 is 58.3 Å². The average molecular weight is 851 g/mol. The number of halogens is 6. The lowest BCUT2D eigenvalue weighted by Gasteiger charge is -2.14. The molecule has 0 bridgehead atoms. The van der Waals surface area contributed by atoms with Gasteiger partial charge in [0.15, 0.2) is 22.0 Å². The van der Waals surface area contributed by atoms with Crippen molar-refractivity contribution in [1.82, 2.24) is 10.6 Å². The number of amides is 3. The lowest BCUT2D eigenvalue weighted by Crippen LogP contribution is -2.37. The average Bonchev–Trinajstić information content (AvgIpc) is 3.86. The van der Waals surface area contributed by atoms with E-state index in [0.717, 1.165) is 24.3 Å². The van der Waals surface area contributed by atoms with Crippen LogP contribution in [0.5, 0.6) is 0 Å². The van der Waals surface area contributed by atoms with Gasteiger partial charge < -0.3 is 35.6 Å². The van der Waals surface area contributed by atoms with Gasteiger partial charge in [-0.15, -0.1) is 0 Å². The number of nitrogens with two attached hydrogens (primary N) is 1. The van der Waals surface area contributed by atoms with Gasteiger partial charge in [-0.3, -0.25) is 24.0 Å². The van der Waals surface area contributed by atoms with Crippen molar-refractivity contribution in [2.45, 2.75) is 50.1 Å². The largest absolute Gasteiger partial charge is 0.480 e. The summed E-state index contributed by atoms with van der Waals surface area (Å²) in [7, 11) is 0. The Balaban J connectivity index is 0.000000175. The molecule has 4 heterocycles. The molecule has 2 fully saturated rings. The Morgan fingerprint density at radius 2 is 1.10 bits per heavy atom. The first-order valence-corrected chi connectivity index (χ1v) is 18.2. The number of carboxylic acids is 1. The molecule has 3 amide bonds. The summed E-state index contributed by atoms with van der Waals surface area (Å²) >= 11 is 0. The van der Waals surface area contributed by atoms with Crippen LogP contribution < -0.4 is 32.5 Å². The highest BCUT2D eigenvalue weighted by molar-refractivity contribution is 6.04. The predicted octanol–water partition coefficient (Wildman–Crippen LogP) is 7.11. The van der Waals surface area contributed by atoms with Gasteiger partial charge in [0.2, 0.25) is 17.7 Å². The Bertz CT molecular complexity index is 2800. The van der Waals surface area contributed by atoms with E-state index in [-0.39, 0.29) is 74.2 Å². The normalized spacial score (nSPS) is 16.2. The minimum absolute atomic E-state index is 0.0466. The van der Waals surface area contributed by atoms with E-state index in [1.807, 2.05) is 0 Å². The summed E-state index contributed by atoms with van der Waals surface area (Å²) in [6.45, 7) is 0. The first-order valence-electron chi connectivity index (χ1n) is 18.2. The number of carbonyl (C=O) groups excluding carboxylic acids is 3. The summed E-state index contributed by atoms with van der Waals surface area (Å²) in [6, 6.07) is 19.4. The maximum absolute atomic E-state index is 13.4. The van der Waals surface area contributed by atoms with Gasteiger partial charge in [-0.2, -0.15) is 26.3 Å². The topological polar surface area (TPSA) is 211 Å². The monoisotopic (exact) mass is 850 g/mol. The number of benzene rings is 4. The molecule has 19 heteroatoms. The molecular formula is C42H32F6N4O9. The van der Waals surface area contributed by atoms with Crippen LogP contribution in [0.25, 0.3) is 44.6 Å². The maximum Gasteiger partial charge on any atom is 0.417 e. The van der Waals surface area contributed by atoms with Crippen LogP contribution in [0, 0.1) is 0 Å². The van der Waals surface area contributed by atoms with Crippen LogP contribution in [0.3, 0.4) is 0 Å². The second kappa shape index (κ2) is 17.4. The van der Waals surface area contributed by atoms with Gasteiger partial charge in [0.25, 0.3) is 0 Å². The van der Waals surface area contributed by atoms with Crippen molar-refractivity contribution in [2.75, 3.05) is 11.1 Å². The zero-order valence-corrected chi connectivity index (χ0v) is 31.3. The molecule has 2 saturated heterocycles. The van der Waals surface area contributed by atoms with Crippen LogP contribution in [0.15, 0.2) is 115 Å². The molecule has 2 aliphatic rings. The van der Waals surface area contributed by atoms with Gasteiger partial charge in [-0.1, -0.05) is 48.5 Å². The molecular weight excluding hydrogens is 818 g/mol. The van der Waals surface area contributed by atoms with E-state index in [2.05, 4.69) is 16.0 Å². The molecule has 6 aromatic rings. The van der Waals surface area contributed by atoms with Crippen molar-refractivity contribution < 1.29 is 59.5 Å². The molecule has 2 aliphatic heterocycles. The molecule has 6 N–H and O–H groups in total. The Morgan fingerprint density at radius 3 is 1.56 bits per heavy atom. The second-order valence-electron chi connectivity index (χ2n) is 13.6. The van der Waals surface area contributed by atoms with Crippen molar-refractivity contribution in [3.63, 3.8) is 0 Å². The zero-order valence-electron chi connectivity index (χ0n) is 31.3. The van der Waals surface area contributed by atoms with Crippen molar-refractivity contribution in [3.8, 4) is 22.6 Å². The van der Waals surface area contributed by atoms with Crippen molar-refractivity contribution in [3.05, 3.63) is 129 Å². The predicted molar refractivity (Wildman–Crippen MR) is 209 cm³/mol. The lowest BCUT2D eigenvalue weighted by atomic mass is 10.0. The minimum Gasteiger partial charge on any atom is -0.480 e. The number of rotatable bonds is 5. The van der Waals surface area contributed by atoms with Crippen LogP contribution >= 0.6 is 0 Å². The van der Waals surface area contributed by atoms with E-state index in [1.165, 1.54) is 66.7 Å². The number of hydrogen-bond donors (Lipinski definition) is 5. The molecule has 4 aromatic carbocycles. The molecule has 0 aliphatic carbocycles. The summed E-state index contributed by atoms with van der Waals surface area (Å²) in [5, 5.41) is 16.1. The molecule has 0 saturated carbocycles. The first kappa shape index (κ1) is 43.1. The Kier molecular flexibility index (Phi) is 12.3. The van der Waals surface area contributed by atoms with E-state index >= 15 is 0 Å². The number of aliphatic carboxylic acids is 1. The van der Waals surface area contributed by atoms with E-state index in [9.17, 15) is 55.1 Å². The third-order valence-electron chi connectivity index (χ3n) is 9.40. The molecule has 2 aromatic heterocycles. The Labute approximate surface area is 339 Å². The van der Waals surface area contributed by atoms with Crippen molar-refractivity contribution >= 4 is 57.0 Å². The highest BCUT2D eigenvalue weighted by Gasteiger charge is 2.35. The molecule has 0 spiro atoms. The third-order valence-corrected chi connectivity index (χ3v) is 9.40. The Hall–Kier alpha value is -7.44. The van der Waals surface area contributed by atoms with Gasteiger partial charge in [-0.25, -0.2) is 4.79 Å². The number of para-hydroxylation sites is 2. The first-order chi connectivity index (χ1) is 28.8. The van der Waals surface area contributed by atoms with Crippen LogP contribution in [-0.2, 0) is 31.5 Å². The smallest absolute Gasteiger partial charge is 0.417 e. The molecule has 2 unspecified atom stereocenters. The molecule has 13 nitrogen and oxygen atoms in total. The molecule has 2 atom stereocenters. The van der Waals surface area contributed by atoms with Gasteiger partial charge >= 0.3 is 18.3 Å². The fourth-order valence-electron chi connectivity index (χ4n) is 6.46. The number of hydrogen-bond acceptors (Lipinski definition) is 9. The number of anilines is 2. The number of fused-ring (bicyclic) bond motifs is 2. The van der Waals surface area contributed by atoms with Gasteiger partial charge in [0.05, 0.1) is 33.3 Å². The number of nitrogen functional groups attached to an aromatic ring is 1. The fraction of sp³-hybridized carbons (Fsp3) is 0.190. The van der Waals surface area contributed by atoms with Crippen LogP contribution in [0.2, 0.25) is 0 Å². The summed E-state index contributed by atoms with van der Waals surface area (Å²) in [6.07, 6.45) is -7.87. The Morgan fingerprint density at radius 1 is 0.639 bits per heavy atom. The summed E-state index contributed by atoms with van der Waals surface area (Å²) < 4.78 is 90.6. The number of carboxylic acid groups (broad SMARTS) is 1. The number of carbonyl (C=O) groups is 4. The minimum atomic E-state index is -4.64. The van der Waals surface area contributed by atoms with Crippen LogP contribution in [0.1, 0.15) is 36.8 Å². The number of alkyl halides is 6. The van der Waals surface area contributed by atoms with E-state index in [1.54, 1.807) is 6.07 Å². The van der Waals surface area contributed by atoms with Crippen LogP contribution in [-0.4, -0.2) is 40.9 Å². The van der Waals surface area contributed by atoms with E-state index in [0.29, 0.717) is 19.3 Å². The highest BCUT2D eigenvalue weighted by Crippen LogP contribution is 2.39.